The monoisotopic (exact) mass is 270 g/mol. The number of carbonyl (C=O) groups is 1. The fourth-order valence-corrected chi connectivity index (χ4v) is 3.40. The molecule has 0 radical (unpaired) electrons. The van der Waals surface area contributed by atoms with Crippen LogP contribution in [0.2, 0.25) is 5.02 Å². The maximum Gasteiger partial charge on any atom is 0.174 e. The molecule has 0 fully saturated rings. The number of rotatable bonds is 4. The third-order valence-corrected chi connectivity index (χ3v) is 4.84. The summed E-state index contributed by atoms with van der Waals surface area (Å²) in [7, 11) is 0. The Kier molecular flexibility index (Phi) is 3.79. The molecule has 0 spiro atoms. The van der Waals surface area contributed by atoms with E-state index in [-0.39, 0.29) is 5.78 Å². The summed E-state index contributed by atoms with van der Waals surface area (Å²) in [4.78, 5) is 12.6. The van der Waals surface area contributed by atoms with E-state index in [2.05, 4.69) is 11.4 Å². The second-order valence-corrected chi connectivity index (χ2v) is 5.65. The summed E-state index contributed by atoms with van der Waals surface area (Å²) in [6.45, 7) is 1.93. The van der Waals surface area contributed by atoms with Gasteiger partial charge in [-0.25, -0.2) is 0 Å². The van der Waals surface area contributed by atoms with Crippen LogP contribution in [0.5, 0.6) is 0 Å². The second kappa shape index (κ2) is 5.13. The Balaban J connectivity index is 2.01. The van der Waals surface area contributed by atoms with Crippen molar-refractivity contribution in [2.45, 2.75) is 19.8 Å². The highest BCUT2D eigenvalue weighted by atomic mass is 35.5. The first-order valence-corrected chi connectivity index (χ1v) is 7.16. The Labute approximate surface area is 108 Å². The summed E-state index contributed by atoms with van der Waals surface area (Å²) in [5.74, 6) is 0.148. The van der Waals surface area contributed by atoms with E-state index in [9.17, 15) is 4.79 Å². The zero-order chi connectivity index (χ0) is 11.5. The standard InChI is InChI=1S/C12H11ClOS2/c1-8-6-16-12(11(8)13)10(14)3-2-9-4-5-15-7-9/h4-7H,2-3H2,1H3. The summed E-state index contributed by atoms with van der Waals surface area (Å²) < 4.78 is 0. The van der Waals surface area contributed by atoms with Gasteiger partial charge in [-0.1, -0.05) is 11.6 Å². The number of ketones is 1. The number of aryl methyl sites for hydroxylation is 2. The van der Waals surface area contributed by atoms with Gasteiger partial charge in [0.1, 0.15) is 0 Å². The van der Waals surface area contributed by atoms with Crippen molar-refractivity contribution in [1.29, 1.82) is 0 Å². The number of carbonyl (C=O) groups excluding carboxylic acids is 1. The van der Waals surface area contributed by atoms with Crippen molar-refractivity contribution in [2.24, 2.45) is 0 Å². The molecule has 0 amide bonds. The van der Waals surface area contributed by atoms with Crippen molar-refractivity contribution < 1.29 is 4.79 Å². The van der Waals surface area contributed by atoms with Crippen molar-refractivity contribution in [3.8, 4) is 0 Å². The van der Waals surface area contributed by atoms with E-state index in [0.29, 0.717) is 16.3 Å². The Morgan fingerprint density at radius 2 is 2.25 bits per heavy atom. The molecule has 0 aromatic carbocycles. The second-order valence-electron chi connectivity index (χ2n) is 3.62. The Morgan fingerprint density at radius 1 is 1.44 bits per heavy atom. The summed E-state index contributed by atoms with van der Waals surface area (Å²) in [6.07, 6.45) is 1.34. The predicted molar refractivity (Wildman–Crippen MR) is 71.0 cm³/mol. The predicted octanol–water partition coefficient (Wildman–Crippen LogP) is 4.59. The lowest BCUT2D eigenvalue weighted by Gasteiger charge is -1.98. The largest absolute Gasteiger partial charge is 0.293 e. The van der Waals surface area contributed by atoms with Crippen molar-refractivity contribution in [1.82, 2.24) is 0 Å². The molecule has 0 bridgehead atoms. The van der Waals surface area contributed by atoms with Gasteiger partial charge in [-0.15, -0.1) is 11.3 Å². The average Bonchev–Trinajstić information content (AvgIpc) is 2.88. The normalized spacial score (nSPS) is 10.6. The summed E-state index contributed by atoms with van der Waals surface area (Å²) in [5, 5.41) is 6.66. The molecule has 0 saturated carbocycles. The molecule has 0 aliphatic heterocycles. The third-order valence-electron chi connectivity index (χ3n) is 2.37. The first kappa shape index (κ1) is 11.8. The number of hydrogen-bond donors (Lipinski definition) is 0. The van der Waals surface area contributed by atoms with Crippen LogP contribution in [0.4, 0.5) is 0 Å². The summed E-state index contributed by atoms with van der Waals surface area (Å²) >= 11 is 9.16. The minimum Gasteiger partial charge on any atom is -0.293 e. The minimum absolute atomic E-state index is 0.148. The van der Waals surface area contributed by atoms with Gasteiger partial charge >= 0.3 is 0 Å². The van der Waals surface area contributed by atoms with Crippen molar-refractivity contribution >= 4 is 40.1 Å². The van der Waals surface area contributed by atoms with E-state index < -0.39 is 0 Å². The fraction of sp³-hybridized carbons (Fsp3) is 0.250. The molecular weight excluding hydrogens is 260 g/mol. The van der Waals surface area contributed by atoms with Crippen LogP contribution < -0.4 is 0 Å². The molecule has 1 nitrogen and oxygen atoms in total. The molecule has 0 aliphatic carbocycles. The summed E-state index contributed by atoms with van der Waals surface area (Å²) in [5.41, 5.74) is 2.22. The van der Waals surface area contributed by atoms with Crippen LogP contribution in [0, 0.1) is 6.92 Å². The van der Waals surface area contributed by atoms with E-state index in [1.165, 1.54) is 16.9 Å². The maximum atomic E-state index is 11.9. The van der Waals surface area contributed by atoms with Crippen molar-refractivity contribution in [2.75, 3.05) is 0 Å². The Bertz CT molecular complexity index is 485. The molecule has 0 atom stereocenters. The van der Waals surface area contributed by atoms with E-state index in [1.807, 2.05) is 17.7 Å². The fourth-order valence-electron chi connectivity index (χ4n) is 1.42. The molecule has 0 N–H and O–H groups in total. The highest BCUT2D eigenvalue weighted by molar-refractivity contribution is 7.13. The molecule has 2 rings (SSSR count). The van der Waals surface area contributed by atoms with Gasteiger partial charge in [0.25, 0.3) is 0 Å². The number of halogens is 1. The van der Waals surface area contributed by atoms with Gasteiger partial charge in [0.05, 0.1) is 9.90 Å². The van der Waals surface area contributed by atoms with Gasteiger partial charge in [0.2, 0.25) is 0 Å². The minimum atomic E-state index is 0.148. The number of hydrogen-bond acceptors (Lipinski definition) is 3. The van der Waals surface area contributed by atoms with Crippen LogP contribution in [0.1, 0.15) is 27.2 Å². The molecule has 16 heavy (non-hydrogen) atoms. The molecule has 2 heterocycles. The summed E-state index contributed by atoms with van der Waals surface area (Å²) in [6, 6.07) is 2.05. The molecule has 0 aliphatic rings. The lowest BCUT2D eigenvalue weighted by atomic mass is 10.1. The molecule has 84 valence electrons. The lowest BCUT2D eigenvalue weighted by molar-refractivity contribution is 0.0987. The van der Waals surface area contributed by atoms with Gasteiger partial charge in [-0.05, 0) is 46.7 Å². The van der Waals surface area contributed by atoms with Gasteiger partial charge < -0.3 is 0 Å². The van der Waals surface area contributed by atoms with Crippen molar-refractivity contribution in [3.63, 3.8) is 0 Å². The van der Waals surface area contributed by atoms with Crippen LogP contribution >= 0.6 is 34.3 Å². The molecule has 0 unspecified atom stereocenters. The zero-order valence-electron chi connectivity index (χ0n) is 8.83. The van der Waals surface area contributed by atoms with Crippen LogP contribution in [0.15, 0.2) is 22.2 Å². The van der Waals surface area contributed by atoms with Gasteiger partial charge in [0.15, 0.2) is 5.78 Å². The smallest absolute Gasteiger partial charge is 0.174 e. The first-order chi connectivity index (χ1) is 7.68. The average molecular weight is 271 g/mol. The van der Waals surface area contributed by atoms with Crippen LogP contribution in [-0.2, 0) is 6.42 Å². The van der Waals surface area contributed by atoms with Gasteiger partial charge in [-0.3, -0.25) is 4.79 Å². The van der Waals surface area contributed by atoms with E-state index >= 15 is 0 Å². The zero-order valence-corrected chi connectivity index (χ0v) is 11.2. The molecule has 4 heteroatoms. The molecule has 2 aromatic heterocycles. The van der Waals surface area contributed by atoms with Gasteiger partial charge in [0, 0.05) is 6.42 Å². The van der Waals surface area contributed by atoms with E-state index in [0.717, 1.165) is 12.0 Å². The quantitative estimate of drug-likeness (QED) is 0.743. The first-order valence-electron chi connectivity index (χ1n) is 4.96. The van der Waals surface area contributed by atoms with Crippen LogP contribution in [0.25, 0.3) is 0 Å². The maximum absolute atomic E-state index is 11.9. The number of Topliss-reactive ketones (excluding diaryl/α,β-unsaturated/α-hetero) is 1. The topological polar surface area (TPSA) is 17.1 Å². The van der Waals surface area contributed by atoms with Crippen molar-refractivity contribution in [3.05, 3.63) is 43.2 Å². The van der Waals surface area contributed by atoms with Crippen LogP contribution in [-0.4, -0.2) is 5.78 Å². The van der Waals surface area contributed by atoms with Gasteiger partial charge in [-0.2, -0.15) is 11.3 Å². The SMILES string of the molecule is Cc1csc(C(=O)CCc2ccsc2)c1Cl. The molecular formula is C12H11ClOS2. The van der Waals surface area contributed by atoms with Crippen LogP contribution in [0.3, 0.4) is 0 Å². The number of thiophene rings is 2. The highest BCUT2D eigenvalue weighted by Gasteiger charge is 2.14. The lowest BCUT2D eigenvalue weighted by Crippen LogP contribution is -1.98. The van der Waals surface area contributed by atoms with E-state index in [4.69, 9.17) is 11.6 Å². The highest BCUT2D eigenvalue weighted by Crippen LogP contribution is 2.28. The third kappa shape index (κ3) is 2.54. The Hall–Kier alpha value is -0.640. The molecule has 0 saturated heterocycles. The molecule has 2 aromatic rings. The van der Waals surface area contributed by atoms with E-state index in [1.54, 1.807) is 11.3 Å². The Morgan fingerprint density at radius 3 is 2.81 bits per heavy atom.